The van der Waals surface area contributed by atoms with Gasteiger partial charge in [0.15, 0.2) is 0 Å². The van der Waals surface area contributed by atoms with Crippen molar-refractivity contribution >= 4 is 38.9 Å². The van der Waals surface area contributed by atoms with Crippen LogP contribution in [0.15, 0.2) is 122 Å². The van der Waals surface area contributed by atoms with Crippen LogP contribution in [0.4, 0.5) is 17.1 Å². The van der Waals surface area contributed by atoms with Crippen LogP contribution in [0.2, 0.25) is 0 Å². The number of pyridine rings is 3. The fourth-order valence-corrected chi connectivity index (χ4v) is 6.33. The van der Waals surface area contributed by atoms with Gasteiger partial charge in [0.1, 0.15) is 11.6 Å². The standard InChI is InChI=1S/C39H34N6O/c1-39(2,3)26-18-20-41-37(21-26)45-33-13-6-5-11-29(33)30-17-16-28(24-36(30)45)46-38-23-27(22-32(42-38)31-12-9-10-19-40-31)44-25-43(4)34-14-7-8-15-35(34)44/h5-24H,25H2,1-4H3. The van der Waals surface area contributed by atoms with Crippen LogP contribution in [0.5, 0.6) is 11.6 Å². The number of anilines is 3. The molecule has 7 nitrogen and oxygen atoms in total. The van der Waals surface area contributed by atoms with Crippen LogP contribution < -0.4 is 14.5 Å². The average molecular weight is 603 g/mol. The lowest BCUT2D eigenvalue weighted by Gasteiger charge is -2.21. The molecule has 0 atom stereocenters. The molecule has 8 rings (SSSR count). The normalized spacial score (nSPS) is 13.0. The molecule has 0 N–H and O–H groups in total. The molecule has 7 heteroatoms. The number of hydrogen-bond donors (Lipinski definition) is 0. The minimum atomic E-state index is -0.00259. The molecule has 4 aromatic heterocycles. The molecule has 46 heavy (non-hydrogen) atoms. The van der Waals surface area contributed by atoms with Gasteiger partial charge in [-0.05, 0) is 71.6 Å². The molecule has 3 aromatic carbocycles. The topological polar surface area (TPSA) is 59.3 Å². The van der Waals surface area contributed by atoms with E-state index < -0.39 is 0 Å². The van der Waals surface area contributed by atoms with Gasteiger partial charge in [0, 0.05) is 42.3 Å². The summed E-state index contributed by atoms with van der Waals surface area (Å²) in [4.78, 5) is 18.9. The molecule has 1 aliphatic heterocycles. The van der Waals surface area contributed by atoms with Crippen LogP contribution in [0.1, 0.15) is 26.3 Å². The second kappa shape index (κ2) is 10.7. The van der Waals surface area contributed by atoms with E-state index in [1.54, 1.807) is 6.20 Å². The molecule has 0 saturated carbocycles. The highest BCUT2D eigenvalue weighted by molar-refractivity contribution is 6.09. The number of para-hydroxylation sites is 3. The lowest BCUT2D eigenvalue weighted by atomic mass is 9.88. The van der Waals surface area contributed by atoms with E-state index in [0.717, 1.165) is 51.7 Å². The van der Waals surface area contributed by atoms with Crippen molar-refractivity contribution in [3.05, 3.63) is 127 Å². The van der Waals surface area contributed by atoms with Crippen molar-refractivity contribution in [3.8, 4) is 28.8 Å². The van der Waals surface area contributed by atoms with Gasteiger partial charge in [0.05, 0.1) is 46.2 Å². The van der Waals surface area contributed by atoms with E-state index in [1.807, 2.05) is 36.5 Å². The molecule has 0 radical (unpaired) electrons. The smallest absolute Gasteiger partial charge is 0.221 e. The summed E-state index contributed by atoms with van der Waals surface area (Å²) in [5, 5.41) is 2.31. The molecule has 0 spiro atoms. The maximum absolute atomic E-state index is 6.62. The maximum Gasteiger partial charge on any atom is 0.221 e. The van der Waals surface area contributed by atoms with Crippen LogP contribution >= 0.6 is 0 Å². The minimum Gasteiger partial charge on any atom is -0.439 e. The summed E-state index contributed by atoms with van der Waals surface area (Å²) < 4.78 is 8.84. The van der Waals surface area contributed by atoms with Crippen molar-refractivity contribution in [2.24, 2.45) is 0 Å². The third-order valence-corrected chi connectivity index (χ3v) is 8.67. The molecule has 5 heterocycles. The van der Waals surface area contributed by atoms with Crippen LogP contribution in [0.3, 0.4) is 0 Å². The summed E-state index contributed by atoms with van der Waals surface area (Å²) in [7, 11) is 2.11. The average Bonchev–Trinajstić information content (AvgIpc) is 3.59. The SMILES string of the molecule is CN1CN(c2cc(Oc3ccc4c5ccccc5n(-c5cc(C(C)(C)C)ccn5)c4c3)nc(-c3ccccn3)c2)c2ccccc21. The first-order chi connectivity index (χ1) is 22.3. The highest BCUT2D eigenvalue weighted by Crippen LogP contribution is 2.42. The molecule has 226 valence electrons. The van der Waals surface area contributed by atoms with E-state index in [0.29, 0.717) is 11.6 Å². The molecular weight excluding hydrogens is 568 g/mol. The summed E-state index contributed by atoms with van der Waals surface area (Å²) in [5.74, 6) is 2.07. The Morgan fingerprint density at radius 2 is 1.46 bits per heavy atom. The van der Waals surface area contributed by atoms with Gasteiger partial charge in [0.2, 0.25) is 5.88 Å². The number of fused-ring (bicyclic) bond motifs is 4. The predicted molar refractivity (Wildman–Crippen MR) is 187 cm³/mol. The summed E-state index contributed by atoms with van der Waals surface area (Å²) in [5.41, 5.74) is 8.20. The zero-order valence-electron chi connectivity index (χ0n) is 26.3. The van der Waals surface area contributed by atoms with Crippen molar-refractivity contribution in [3.63, 3.8) is 0 Å². The van der Waals surface area contributed by atoms with Crippen molar-refractivity contribution < 1.29 is 4.74 Å². The Hall–Kier alpha value is -5.69. The lowest BCUT2D eigenvalue weighted by molar-refractivity contribution is 0.464. The zero-order valence-corrected chi connectivity index (χ0v) is 26.3. The predicted octanol–water partition coefficient (Wildman–Crippen LogP) is 9.27. The van der Waals surface area contributed by atoms with Gasteiger partial charge in [-0.2, -0.15) is 0 Å². The fourth-order valence-electron chi connectivity index (χ4n) is 6.33. The summed E-state index contributed by atoms with van der Waals surface area (Å²) in [6, 6.07) is 37.4. The van der Waals surface area contributed by atoms with Crippen molar-refractivity contribution in [1.82, 2.24) is 19.5 Å². The van der Waals surface area contributed by atoms with E-state index in [2.05, 4.69) is 126 Å². The molecule has 0 bridgehead atoms. The lowest BCUT2D eigenvalue weighted by Crippen LogP contribution is -2.24. The molecule has 1 aliphatic rings. The molecule has 0 saturated heterocycles. The van der Waals surface area contributed by atoms with Crippen LogP contribution in [-0.4, -0.2) is 33.2 Å². The van der Waals surface area contributed by atoms with Gasteiger partial charge in [-0.3, -0.25) is 9.55 Å². The Kier molecular flexibility index (Phi) is 6.49. The number of rotatable bonds is 5. The maximum atomic E-state index is 6.62. The second-order valence-electron chi connectivity index (χ2n) is 12.8. The third-order valence-electron chi connectivity index (χ3n) is 8.67. The molecule has 0 unspecified atom stereocenters. The van der Waals surface area contributed by atoms with E-state index in [1.165, 1.54) is 16.6 Å². The van der Waals surface area contributed by atoms with E-state index >= 15 is 0 Å². The molecular formula is C39H34N6O. The Morgan fingerprint density at radius 1 is 0.674 bits per heavy atom. The van der Waals surface area contributed by atoms with E-state index in [-0.39, 0.29) is 5.41 Å². The number of aromatic nitrogens is 4. The summed E-state index contributed by atoms with van der Waals surface area (Å²) in [6.07, 6.45) is 3.69. The fraction of sp³-hybridized carbons (Fsp3) is 0.154. The van der Waals surface area contributed by atoms with Gasteiger partial charge < -0.3 is 14.5 Å². The number of ether oxygens (including phenoxy) is 1. The molecule has 0 aliphatic carbocycles. The molecule has 0 amide bonds. The highest BCUT2D eigenvalue weighted by Gasteiger charge is 2.25. The van der Waals surface area contributed by atoms with Gasteiger partial charge in [0.25, 0.3) is 0 Å². The number of benzene rings is 3. The van der Waals surface area contributed by atoms with Crippen LogP contribution in [0.25, 0.3) is 39.0 Å². The number of hydrogen-bond acceptors (Lipinski definition) is 6. The van der Waals surface area contributed by atoms with Crippen molar-refractivity contribution in [2.75, 3.05) is 23.5 Å². The Bertz CT molecular complexity index is 2230. The van der Waals surface area contributed by atoms with E-state index in [4.69, 9.17) is 14.7 Å². The summed E-state index contributed by atoms with van der Waals surface area (Å²) in [6.45, 7) is 7.40. The van der Waals surface area contributed by atoms with Crippen LogP contribution in [-0.2, 0) is 5.41 Å². The molecule has 0 fully saturated rings. The monoisotopic (exact) mass is 602 g/mol. The number of nitrogens with zero attached hydrogens (tertiary/aromatic N) is 6. The molecule has 7 aromatic rings. The summed E-state index contributed by atoms with van der Waals surface area (Å²) >= 11 is 0. The van der Waals surface area contributed by atoms with Crippen molar-refractivity contribution in [2.45, 2.75) is 26.2 Å². The quantitative estimate of drug-likeness (QED) is 0.196. The first-order valence-electron chi connectivity index (χ1n) is 15.5. The first-order valence-corrected chi connectivity index (χ1v) is 15.5. The second-order valence-corrected chi connectivity index (χ2v) is 12.8. The Morgan fingerprint density at radius 3 is 2.28 bits per heavy atom. The minimum absolute atomic E-state index is 0.00259. The van der Waals surface area contributed by atoms with Crippen molar-refractivity contribution in [1.29, 1.82) is 0 Å². The van der Waals surface area contributed by atoms with Gasteiger partial charge in [-0.25, -0.2) is 9.97 Å². The largest absolute Gasteiger partial charge is 0.439 e. The third kappa shape index (κ3) is 4.81. The van der Waals surface area contributed by atoms with Gasteiger partial charge in [-0.15, -0.1) is 0 Å². The van der Waals surface area contributed by atoms with Gasteiger partial charge in [-0.1, -0.05) is 57.2 Å². The Balaban J connectivity index is 1.26. The van der Waals surface area contributed by atoms with Gasteiger partial charge >= 0.3 is 0 Å². The zero-order chi connectivity index (χ0) is 31.4. The Labute approximate surface area is 268 Å². The first kappa shape index (κ1) is 27.8. The highest BCUT2D eigenvalue weighted by atomic mass is 16.5. The van der Waals surface area contributed by atoms with E-state index in [9.17, 15) is 0 Å². The van der Waals surface area contributed by atoms with Crippen LogP contribution in [0, 0.1) is 0 Å².